The first-order valence-corrected chi connectivity index (χ1v) is 7.64. The molecule has 0 aliphatic heterocycles. The molecule has 4 rings (SSSR count). The molecule has 116 valence electrons. The molecule has 4 nitrogen and oxygen atoms in total. The van der Waals surface area contributed by atoms with Gasteiger partial charge >= 0.3 is 0 Å². The van der Waals surface area contributed by atoms with Crippen molar-refractivity contribution < 1.29 is 4.74 Å². The van der Waals surface area contributed by atoms with E-state index in [2.05, 4.69) is 9.97 Å². The van der Waals surface area contributed by atoms with Crippen LogP contribution in [0.2, 0.25) is 0 Å². The van der Waals surface area contributed by atoms with Crippen LogP contribution in [0.15, 0.2) is 79.0 Å². The highest BCUT2D eigenvalue weighted by molar-refractivity contribution is 5.86. The van der Waals surface area contributed by atoms with Gasteiger partial charge in [-0.2, -0.15) is 0 Å². The molecule has 0 saturated heterocycles. The summed E-state index contributed by atoms with van der Waals surface area (Å²) in [6, 6.07) is 23.4. The topological polar surface area (TPSA) is 61.0 Å². The zero-order valence-corrected chi connectivity index (χ0v) is 12.9. The standard InChI is InChI=1S/C20H15N3O/c21-19-18(13-15-5-4-12-22-20(15)23-19)14-8-10-17(11-9-14)24-16-6-2-1-3-7-16/h1-13H,(H2,21,22,23). The zero-order chi connectivity index (χ0) is 16.4. The molecule has 0 radical (unpaired) electrons. The van der Waals surface area contributed by atoms with E-state index in [-0.39, 0.29) is 0 Å². The van der Waals surface area contributed by atoms with E-state index in [1.807, 2.05) is 72.8 Å². The first-order chi connectivity index (χ1) is 11.8. The van der Waals surface area contributed by atoms with Crippen molar-refractivity contribution >= 4 is 16.9 Å². The van der Waals surface area contributed by atoms with Crippen molar-refractivity contribution in [2.75, 3.05) is 5.73 Å². The molecule has 0 atom stereocenters. The van der Waals surface area contributed by atoms with E-state index in [0.29, 0.717) is 11.5 Å². The molecule has 0 aliphatic carbocycles. The fraction of sp³-hybridized carbons (Fsp3) is 0. The normalized spacial score (nSPS) is 10.7. The van der Waals surface area contributed by atoms with Crippen molar-refractivity contribution in [2.24, 2.45) is 0 Å². The number of benzene rings is 2. The van der Waals surface area contributed by atoms with Crippen LogP contribution in [-0.4, -0.2) is 9.97 Å². The molecule has 2 heterocycles. The van der Waals surface area contributed by atoms with E-state index >= 15 is 0 Å². The molecule has 0 fully saturated rings. The Balaban J connectivity index is 1.66. The third kappa shape index (κ3) is 2.77. The molecule has 0 amide bonds. The van der Waals surface area contributed by atoms with Crippen molar-refractivity contribution in [3.63, 3.8) is 0 Å². The number of hydrogen-bond acceptors (Lipinski definition) is 4. The molecule has 0 saturated carbocycles. The van der Waals surface area contributed by atoms with Crippen LogP contribution in [-0.2, 0) is 0 Å². The van der Waals surface area contributed by atoms with Crippen LogP contribution in [0.1, 0.15) is 0 Å². The Kier molecular flexibility index (Phi) is 3.56. The maximum absolute atomic E-state index is 6.10. The number of nitrogens with zero attached hydrogens (tertiary/aromatic N) is 2. The van der Waals surface area contributed by atoms with Crippen LogP contribution in [0.25, 0.3) is 22.2 Å². The average molecular weight is 313 g/mol. The summed E-state index contributed by atoms with van der Waals surface area (Å²) in [5, 5.41) is 0.964. The van der Waals surface area contributed by atoms with Crippen molar-refractivity contribution in [3.8, 4) is 22.6 Å². The summed E-state index contributed by atoms with van der Waals surface area (Å²) in [6.07, 6.45) is 1.71. The summed E-state index contributed by atoms with van der Waals surface area (Å²) in [5.74, 6) is 2.06. The smallest absolute Gasteiger partial charge is 0.161 e. The molecular formula is C20H15N3O. The number of fused-ring (bicyclic) bond motifs is 1. The fourth-order valence-electron chi connectivity index (χ4n) is 2.58. The molecule has 0 unspecified atom stereocenters. The van der Waals surface area contributed by atoms with Crippen LogP contribution in [0, 0.1) is 0 Å². The van der Waals surface area contributed by atoms with Gasteiger partial charge in [0.15, 0.2) is 5.65 Å². The molecule has 2 aromatic carbocycles. The van der Waals surface area contributed by atoms with Crippen LogP contribution >= 0.6 is 0 Å². The van der Waals surface area contributed by atoms with Crippen LogP contribution in [0.4, 0.5) is 5.82 Å². The Hall–Kier alpha value is -3.40. The third-order valence-electron chi connectivity index (χ3n) is 3.76. The number of rotatable bonds is 3. The lowest BCUT2D eigenvalue weighted by atomic mass is 10.1. The second-order valence-corrected chi connectivity index (χ2v) is 5.41. The van der Waals surface area contributed by atoms with Gasteiger partial charge in [0.25, 0.3) is 0 Å². The Morgan fingerprint density at radius 1 is 0.792 bits per heavy atom. The minimum Gasteiger partial charge on any atom is -0.457 e. The van der Waals surface area contributed by atoms with Gasteiger partial charge in [-0.1, -0.05) is 30.3 Å². The van der Waals surface area contributed by atoms with E-state index < -0.39 is 0 Å². The molecule has 0 spiro atoms. The summed E-state index contributed by atoms with van der Waals surface area (Å²) in [6.45, 7) is 0. The van der Waals surface area contributed by atoms with Gasteiger partial charge in [0.2, 0.25) is 0 Å². The van der Waals surface area contributed by atoms with Crippen LogP contribution in [0.3, 0.4) is 0 Å². The molecule has 2 N–H and O–H groups in total. The summed E-state index contributed by atoms with van der Waals surface area (Å²) in [7, 11) is 0. The summed E-state index contributed by atoms with van der Waals surface area (Å²) in [5.41, 5.74) is 8.64. The predicted octanol–water partition coefficient (Wildman–Crippen LogP) is 4.67. The average Bonchev–Trinajstić information content (AvgIpc) is 2.63. The monoisotopic (exact) mass is 313 g/mol. The second-order valence-electron chi connectivity index (χ2n) is 5.41. The Morgan fingerprint density at radius 2 is 1.54 bits per heavy atom. The van der Waals surface area contributed by atoms with E-state index in [1.54, 1.807) is 6.20 Å². The van der Waals surface area contributed by atoms with Crippen molar-refractivity contribution in [2.45, 2.75) is 0 Å². The zero-order valence-electron chi connectivity index (χ0n) is 12.9. The minimum atomic E-state index is 0.470. The van der Waals surface area contributed by atoms with Gasteiger partial charge in [0.1, 0.15) is 17.3 Å². The van der Waals surface area contributed by atoms with E-state index in [1.165, 1.54) is 0 Å². The number of hydrogen-bond donors (Lipinski definition) is 1. The van der Waals surface area contributed by atoms with Crippen molar-refractivity contribution in [1.29, 1.82) is 0 Å². The molecule has 2 aromatic heterocycles. The lowest BCUT2D eigenvalue weighted by molar-refractivity contribution is 0.483. The molecule has 0 bridgehead atoms. The van der Waals surface area contributed by atoms with Gasteiger partial charge < -0.3 is 10.5 Å². The van der Waals surface area contributed by atoms with Gasteiger partial charge in [-0.3, -0.25) is 0 Å². The largest absolute Gasteiger partial charge is 0.457 e. The number of nitrogens with two attached hydrogens (primary N) is 1. The second kappa shape index (κ2) is 6.01. The summed E-state index contributed by atoms with van der Waals surface area (Å²) >= 11 is 0. The van der Waals surface area contributed by atoms with E-state index in [9.17, 15) is 0 Å². The molecule has 0 aliphatic rings. The molecular weight excluding hydrogens is 298 g/mol. The lowest BCUT2D eigenvalue weighted by Crippen LogP contribution is -1.96. The number of nitrogen functional groups attached to an aromatic ring is 1. The van der Waals surface area contributed by atoms with Crippen molar-refractivity contribution in [3.05, 3.63) is 79.0 Å². The van der Waals surface area contributed by atoms with Crippen LogP contribution in [0.5, 0.6) is 11.5 Å². The summed E-state index contributed by atoms with van der Waals surface area (Å²) < 4.78 is 5.81. The Bertz CT molecular complexity index is 983. The van der Waals surface area contributed by atoms with Gasteiger partial charge in [-0.05, 0) is 48.0 Å². The first-order valence-electron chi connectivity index (χ1n) is 7.64. The number of pyridine rings is 2. The maximum atomic E-state index is 6.10. The van der Waals surface area contributed by atoms with Crippen molar-refractivity contribution in [1.82, 2.24) is 9.97 Å². The molecule has 4 aromatic rings. The Labute approximate surface area is 139 Å². The fourth-order valence-corrected chi connectivity index (χ4v) is 2.58. The summed E-state index contributed by atoms with van der Waals surface area (Å²) in [4.78, 5) is 8.60. The number of anilines is 1. The third-order valence-corrected chi connectivity index (χ3v) is 3.76. The van der Waals surface area contributed by atoms with Gasteiger partial charge in [-0.15, -0.1) is 0 Å². The predicted molar refractivity (Wildman–Crippen MR) is 95.9 cm³/mol. The van der Waals surface area contributed by atoms with Gasteiger partial charge in [-0.25, -0.2) is 9.97 Å². The quantitative estimate of drug-likeness (QED) is 0.597. The van der Waals surface area contributed by atoms with Crippen LogP contribution < -0.4 is 10.5 Å². The highest BCUT2D eigenvalue weighted by atomic mass is 16.5. The van der Waals surface area contributed by atoms with Gasteiger partial charge in [0.05, 0.1) is 0 Å². The highest BCUT2D eigenvalue weighted by Gasteiger charge is 2.07. The highest BCUT2D eigenvalue weighted by Crippen LogP contribution is 2.30. The number of aromatic nitrogens is 2. The minimum absolute atomic E-state index is 0.470. The van der Waals surface area contributed by atoms with Gasteiger partial charge in [0, 0.05) is 17.1 Å². The number of para-hydroxylation sites is 1. The number of ether oxygens (including phenoxy) is 1. The first kappa shape index (κ1) is 14.2. The molecule has 4 heteroatoms. The maximum Gasteiger partial charge on any atom is 0.161 e. The SMILES string of the molecule is Nc1nc2ncccc2cc1-c1ccc(Oc2ccccc2)cc1. The van der Waals surface area contributed by atoms with E-state index in [4.69, 9.17) is 10.5 Å². The Morgan fingerprint density at radius 3 is 2.33 bits per heavy atom. The van der Waals surface area contributed by atoms with E-state index in [0.717, 1.165) is 28.0 Å². The molecule has 24 heavy (non-hydrogen) atoms. The lowest BCUT2D eigenvalue weighted by Gasteiger charge is -2.09.